The molecule has 5 nitrogen and oxygen atoms in total. The molecule has 18 heavy (non-hydrogen) atoms. The first-order chi connectivity index (χ1) is 8.70. The third-order valence-corrected chi connectivity index (χ3v) is 3.99. The Balaban J connectivity index is 1.84. The maximum Gasteiger partial charge on any atom is 0.0993 e. The molecule has 1 aliphatic rings. The highest BCUT2D eigenvalue weighted by atomic mass is 15.4. The first-order valence-corrected chi connectivity index (χ1v) is 7.06. The van der Waals surface area contributed by atoms with Crippen molar-refractivity contribution in [3.8, 4) is 0 Å². The van der Waals surface area contributed by atoms with Gasteiger partial charge in [-0.15, -0.1) is 5.10 Å². The molecule has 5 heteroatoms. The van der Waals surface area contributed by atoms with E-state index < -0.39 is 0 Å². The SMILES string of the molecule is CCC(N)c1cn(CCC2CCCCN2C)nn1. The van der Waals surface area contributed by atoms with Crippen LogP contribution in [0.4, 0.5) is 0 Å². The molecule has 1 saturated heterocycles. The van der Waals surface area contributed by atoms with Gasteiger partial charge in [-0.25, -0.2) is 0 Å². The van der Waals surface area contributed by atoms with Crippen LogP contribution in [0, 0.1) is 0 Å². The number of rotatable bonds is 5. The van der Waals surface area contributed by atoms with E-state index in [9.17, 15) is 0 Å². The maximum absolute atomic E-state index is 5.94. The van der Waals surface area contributed by atoms with Crippen LogP contribution in [0.25, 0.3) is 0 Å². The number of piperidine rings is 1. The quantitative estimate of drug-likeness (QED) is 0.863. The summed E-state index contributed by atoms with van der Waals surface area (Å²) in [5.74, 6) is 0. The average Bonchev–Trinajstić information content (AvgIpc) is 2.86. The van der Waals surface area contributed by atoms with E-state index in [-0.39, 0.29) is 6.04 Å². The smallest absolute Gasteiger partial charge is 0.0993 e. The second-order valence-corrected chi connectivity index (χ2v) is 5.34. The number of hydrogen-bond acceptors (Lipinski definition) is 4. The minimum atomic E-state index is 0.0242. The third kappa shape index (κ3) is 3.29. The normalized spacial score (nSPS) is 23.2. The molecule has 0 saturated carbocycles. The van der Waals surface area contributed by atoms with Gasteiger partial charge in [-0.05, 0) is 39.3 Å². The fourth-order valence-corrected chi connectivity index (χ4v) is 2.59. The molecule has 2 unspecified atom stereocenters. The number of nitrogens with zero attached hydrogens (tertiary/aromatic N) is 4. The van der Waals surface area contributed by atoms with Crippen molar-refractivity contribution >= 4 is 0 Å². The van der Waals surface area contributed by atoms with E-state index in [4.69, 9.17) is 5.73 Å². The molecule has 0 radical (unpaired) electrons. The predicted octanol–water partition coefficient (Wildman–Crippen LogP) is 1.56. The number of aryl methyl sites for hydroxylation is 1. The fraction of sp³-hybridized carbons (Fsp3) is 0.846. The van der Waals surface area contributed by atoms with E-state index in [1.54, 1.807) is 0 Å². The van der Waals surface area contributed by atoms with E-state index in [1.807, 2.05) is 10.9 Å². The lowest BCUT2D eigenvalue weighted by Gasteiger charge is -2.32. The highest BCUT2D eigenvalue weighted by molar-refractivity contribution is 4.98. The number of aromatic nitrogens is 3. The largest absolute Gasteiger partial charge is 0.323 e. The summed E-state index contributed by atoms with van der Waals surface area (Å²) < 4.78 is 1.94. The standard InChI is InChI=1S/C13H25N5/c1-3-12(14)13-10-18(16-15-13)9-7-11-6-4-5-8-17(11)2/h10-12H,3-9,14H2,1-2H3. The first kappa shape index (κ1) is 13.5. The Morgan fingerprint density at radius 2 is 2.33 bits per heavy atom. The van der Waals surface area contributed by atoms with Crippen molar-refractivity contribution in [1.29, 1.82) is 0 Å². The summed E-state index contributed by atoms with van der Waals surface area (Å²) >= 11 is 0. The Labute approximate surface area is 109 Å². The predicted molar refractivity (Wildman–Crippen MR) is 72.1 cm³/mol. The molecule has 0 aromatic carbocycles. The van der Waals surface area contributed by atoms with Crippen molar-refractivity contribution in [1.82, 2.24) is 19.9 Å². The van der Waals surface area contributed by atoms with Crippen LogP contribution < -0.4 is 5.73 Å². The Morgan fingerprint density at radius 3 is 3.06 bits per heavy atom. The molecule has 2 atom stereocenters. The minimum Gasteiger partial charge on any atom is -0.323 e. The zero-order chi connectivity index (χ0) is 13.0. The lowest BCUT2D eigenvalue weighted by Crippen LogP contribution is -2.36. The van der Waals surface area contributed by atoms with Gasteiger partial charge in [-0.1, -0.05) is 18.6 Å². The molecule has 2 N–H and O–H groups in total. The summed E-state index contributed by atoms with van der Waals surface area (Å²) in [5, 5.41) is 8.31. The van der Waals surface area contributed by atoms with Gasteiger partial charge < -0.3 is 10.6 Å². The van der Waals surface area contributed by atoms with Gasteiger partial charge in [0.1, 0.15) is 0 Å². The Hall–Kier alpha value is -0.940. The van der Waals surface area contributed by atoms with Crippen LogP contribution in [0.15, 0.2) is 6.20 Å². The molecule has 102 valence electrons. The van der Waals surface area contributed by atoms with Gasteiger partial charge in [0.05, 0.1) is 17.9 Å². The molecule has 2 heterocycles. The molecule has 1 aromatic heterocycles. The van der Waals surface area contributed by atoms with Crippen LogP contribution in [0.1, 0.15) is 50.8 Å². The molecule has 2 rings (SSSR count). The fourth-order valence-electron chi connectivity index (χ4n) is 2.59. The van der Waals surface area contributed by atoms with Crippen molar-refractivity contribution in [3.05, 3.63) is 11.9 Å². The third-order valence-electron chi connectivity index (χ3n) is 3.99. The summed E-state index contributed by atoms with van der Waals surface area (Å²) in [6.07, 6.45) is 8.07. The highest BCUT2D eigenvalue weighted by Crippen LogP contribution is 2.18. The van der Waals surface area contributed by atoms with Gasteiger partial charge in [-0.2, -0.15) is 0 Å². The van der Waals surface area contributed by atoms with Crippen LogP contribution in [0.2, 0.25) is 0 Å². The van der Waals surface area contributed by atoms with Gasteiger partial charge in [0, 0.05) is 12.6 Å². The Morgan fingerprint density at radius 1 is 1.50 bits per heavy atom. The second-order valence-electron chi connectivity index (χ2n) is 5.34. The summed E-state index contributed by atoms with van der Waals surface area (Å²) in [6.45, 7) is 4.24. The van der Waals surface area contributed by atoms with Crippen molar-refractivity contribution in [2.45, 2.75) is 57.7 Å². The summed E-state index contributed by atoms with van der Waals surface area (Å²) in [4.78, 5) is 2.47. The number of nitrogens with two attached hydrogens (primary N) is 1. The maximum atomic E-state index is 5.94. The molecule has 1 aromatic rings. The van der Waals surface area contributed by atoms with E-state index in [2.05, 4.69) is 29.2 Å². The van der Waals surface area contributed by atoms with E-state index >= 15 is 0 Å². The van der Waals surface area contributed by atoms with E-state index in [1.165, 1.54) is 25.8 Å². The van der Waals surface area contributed by atoms with E-state index in [0.717, 1.165) is 25.1 Å². The molecule has 0 amide bonds. The van der Waals surface area contributed by atoms with Crippen molar-refractivity contribution < 1.29 is 0 Å². The molecular formula is C13H25N5. The van der Waals surface area contributed by atoms with Crippen LogP contribution >= 0.6 is 0 Å². The number of likely N-dealkylation sites (tertiary alicyclic amines) is 1. The van der Waals surface area contributed by atoms with Crippen LogP contribution in [0.5, 0.6) is 0 Å². The molecule has 1 aliphatic heterocycles. The Kier molecular flexibility index (Phi) is 4.72. The van der Waals surface area contributed by atoms with E-state index in [0.29, 0.717) is 6.04 Å². The van der Waals surface area contributed by atoms with Gasteiger partial charge >= 0.3 is 0 Å². The lowest BCUT2D eigenvalue weighted by molar-refractivity contribution is 0.169. The minimum absolute atomic E-state index is 0.0242. The summed E-state index contributed by atoms with van der Waals surface area (Å²) in [6, 6.07) is 0.724. The zero-order valence-corrected chi connectivity index (χ0v) is 11.5. The summed E-state index contributed by atoms with van der Waals surface area (Å²) in [5.41, 5.74) is 6.86. The number of hydrogen-bond donors (Lipinski definition) is 1. The molecule has 0 aliphatic carbocycles. The second kappa shape index (κ2) is 6.29. The van der Waals surface area contributed by atoms with Crippen LogP contribution in [-0.4, -0.2) is 39.5 Å². The molecule has 0 bridgehead atoms. The molecule has 1 fully saturated rings. The van der Waals surface area contributed by atoms with Gasteiger partial charge in [0.25, 0.3) is 0 Å². The zero-order valence-electron chi connectivity index (χ0n) is 11.5. The van der Waals surface area contributed by atoms with Crippen LogP contribution in [0.3, 0.4) is 0 Å². The van der Waals surface area contributed by atoms with Crippen molar-refractivity contribution in [3.63, 3.8) is 0 Å². The van der Waals surface area contributed by atoms with Gasteiger partial charge in [0.2, 0.25) is 0 Å². The highest BCUT2D eigenvalue weighted by Gasteiger charge is 2.18. The summed E-state index contributed by atoms with van der Waals surface area (Å²) in [7, 11) is 2.23. The van der Waals surface area contributed by atoms with Gasteiger partial charge in [0.15, 0.2) is 0 Å². The van der Waals surface area contributed by atoms with Crippen molar-refractivity contribution in [2.75, 3.05) is 13.6 Å². The van der Waals surface area contributed by atoms with Crippen LogP contribution in [-0.2, 0) is 6.54 Å². The van der Waals surface area contributed by atoms with Crippen molar-refractivity contribution in [2.24, 2.45) is 5.73 Å². The Bertz CT molecular complexity index is 362. The topological polar surface area (TPSA) is 60.0 Å². The molecule has 0 spiro atoms. The average molecular weight is 251 g/mol. The first-order valence-electron chi connectivity index (χ1n) is 7.06. The molecular weight excluding hydrogens is 226 g/mol. The van der Waals surface area contributed by atoms with Gasteiger partial charge in [-0.3, -0.25) is 4.68 Å². The lowest BCUT2D eigenvalue weighted by atomic mass is 10.0. The monoisotopic (exact) mass is 251 g/mol.